The number of rotatable bonds is 5. The van der Waals surface area contributed by atoms with Gasteiger partial charge < -0.3 is 20.3 Å². The molecule has 0 fully saturated rings. The molecule has 0 aromatic heterocycles. The van der Waals surface area contributed by atoms with Gasteiger partial charge in [0, 0.05) is 5.56 Å². The van der Waals surface area contributed by atoms with Gasteiger partial charge in [-0.2, -0.15) is 5.10 Å². The van der Waals surface area contributed by atoms with E-state index in [1.165, 1.54) is 38.6 Å². The molecule has 2 aromatic rings. The van der Waals surface area contributed by atoms with Crippen LogP contribution in [0, 0.1) is 11.8 Å². The van der Waals surface area contributed by atoms with Gasteiger partial charge in [-0.05, 0) is 35.9 Å². The summed E-state index contributed by atoms with van der Waals surface area (Å²) >= 11 is 5.79. The van der Waals surface area contributed by atoms with Crippen LogP contribution in [-0.4, -0.2) is 38.0 Å². The number of carbonyl (C=O) groups excluding carboxylic acids is 1. The number of hydrazone groups is 1. The average molecular weight is 388 g/mol. The molecule has 0 atom stereocenters. The number of nitrogens with zero attached hydrogens (tertiary/aromatic N) is 1. The molecule has 8 heteroatoms. The van der Waals surface area contributed by atoms with Crippen molar-refractivity contribution < 1.29 is 19.4 Å². The highest BCUT2D eigenvalue weighted by Crippen LogP contribution is 2.31. The molecule has 0 aliphatic rings. The lowest BCUT2D eigenvalue weighted by Crippen LogP contribution is -2.17. The number of carbonyl (C=O) groups is 1. The lowest BCUT2D eigenvalue weighted by atomic mass is 10.1. The summed E-state index contributed by atoms with van der Waals surface area (Å²) < 4.78 is 10.6. The Balaban J connectivity index is 2.22. The number of ether oxygens (including phenoxy) is 2. The normalized spacial score (nSPS) is 10.2. The third-order valence-electron chi connectivity index (χ3n) is 3.42. The fourth-order valence-corrected chi connectivity index (χ4v) is 2.36. The van der Waals surface area contributed by atoms with Gasteiger partial charge in [0.05, 0.1) is 37.6 Å². The zero-order valence-corrected chi connectivity index (χ0v) is 15.5. The quantitative estimate of drug-likeness (QED) is 0.414. The second kappa shape index (κ2) is 9.48. The minimum Gasteiger partial charge on any atom is -0.506 e. The first-order valence-corrected chi connectivity index (χ1v) is 8.14. The molecule has 0 aliphatic heterocycles. The van der Waals surface area contributed by atoms with Gasteiger partial charge in [0.2, 0.25) is 0 Å². The Bertz CT molecular complexity index is 933. The molecule has 1 amide bonds. The Labute approximate surface area is 161 Å². The van der Waals surface area contributed by atoms with Crippen LogP contribution in [0.4, 0.5) is 0 Å². The minimum absolute atomic E-state index is 0.0784. The van der Waals surface area contributed by atoms with Gasteiger partial charge in [0.15, 0.2) is 11.5 Å². The molecule has 2 rings (SSSR count). The first kappa shape index (κ1) is 20.1. The van der Waals surface area contributed by atoms with Crippen molar-refractivity contribution in [2.75, 3.05) is 20.8 Å². The smallest absolute Gasteiger partial charge is 0.271 e. The van der Waals surface area contributed by atoms with Crippen LogP contribution in [0.5, 0.6) is 17.2 Å². The van der Waals surface area contributed by atoms with Crippen LogP contribution in [0.3, 0.4) is 0 Å². The molecule has 2 aromatic carbocycles. The molecule has 0 saturated heterocycles. The number of hydrogen-bond donors (Lipinski definition) is 3. The predicted molar refractivity (Wildman–Crippen MR) is 104 cm³/mol. The van der Waals surface area contributed by atoms with Crippen molar-refractivity contribution in [1.82, 2.24) is 5.43 Å². The molecule has 27 heavy (non-hydrogen) atoms. The summed E-state index contributed by atoms with van der Waals surface area (Å²) in [5, 5.41) is 13.4. The Hall–Kier alpha value is -3.21. The molecule has 140 valence electrons. The number of amides is 1. The van der Waals surface area contributed by atoms with Crippen LogP contribution < -0.4 is 20.6 Å². The van der Waals surface area contributed by atoms with E-state index in [0.29, 0.717) is 22.6 Å². The third kappa shape index (κ3) is 5.14. The number of nitrogens with two attached hydrogens (primary N) is 1. The Morgan fingerprint density at radius 2 is 2.11 bits per heavy atom. The van der Waals surface area contributed by atoms with E-state index < -0.39 is 5.91 Å². The molecule has 0 aliphatic carbocycles. The molecule has 0 heterocycles. The highest BCUT2D eigenvalue weighted by atomic mass is 35.5. The van der Waals surface area contributed by atoms with E-state index in [9.17, 15) is 9.90 Å². The molecule has 0 unspecified atom stereocenters. The van der Waals surface area contributed by atoms with E-state index in [2.05, 4.69) is 22.4 Å². The standard InChI is InChI=1S/C19H18ClN3O4/c1-26-17-9-12(8-13(4-3-7-21)18(17)27-2)11-22-23-19(25)14-5-6-16(24)15(20)10-14/h5-6,8-11,24H,7,21H2,1-2H3,(H,23,25). The number of hydrogen-bond acceptors (Lipinski definition) is 6. The third-order valence-corrected chi connectivity index (χ3v) is 3.72. The number of phenols is 1. The molecule has 0 bridgehead atoms. The van der Waals surface area contributed by atoms with Crippen molar-refractivity contribution in [3.8, 4) is 29.1 Å². The molecular weight excluding hydrogens is 370 g/mol. The summed E-state index contributed by atoms with van der Waals surface area (Å²) in [5.74, 6) is 6.04. The summed E-state index contributed by atoms with van der Waals surface area (Å²) in [4.78, 5) is 12.1. The van der Waals surface area contributed by atoms with Crippen molar-refractivity contribution in [1.29, 1.82) is 0 Å². The van der Waals surface area contributed by atoms with Gasteiger partial charge in [-0.3, -0.25) is 4.79 Å². The van der Waals surface area contributed by atoms with Crippen molar-refractivity contribution in [3.05, 3.63) is 52.0 Å². The van der Waals surface area contributed by atoms with Crippen molar-refractivity contribution in [2.45, 2.75) is 0 Å². The maximum absolute atomic E-state index is 12.1. The van der Waals surface area contributed by atoms with Gasteiger partial charge in [0.1, 0.15) is 5.75 Å². The lowest BCUT2D eigenvalue weighted by molar-refractivity contribution is 0.0955. The van der Waals surface area contributed by atoms with Crippen LogP contribution in [0.2, 0.25) is 5.02 Å². The lowest BCUT2D eigenvalue weighted by Gasteiger charge is -2.10. The van der Waals surface area contributed by atoms with Crippen LogP contribution in [0.1, 0.15) is 21.5 Å². The number of benzene rings is 2. The summed E-state index contributed by atoms with van der Waals surface area (Å²) in [7, 11) is 3.03. The SMILES string of the molecule is COc1cc(C=NNC(=O)c2ccc(O)c(Cl)c2)cc(C#CCN)c1OC. The first-order valence-electron chi connectivity index (χ1n) is 7.77. The Morgan fingerprint density at radius 1 is 1.33 bits per heavy atom. The molecule has 0 spiro atoms. The average Bonchev–Trinajstić information content (AvgIpc) is 2.67. The molecule has 0 radical (unpaired) electrons. The second-order valence-corrected chi connectivity index (χ2v) is 5.58. The van der Waals surface area contributed by atoms with Crippen molar-refractivity contribution >= 4 is 23.7 Å². The van der Waals surface area contributed by atoms with Crippen LogP contribution in [-0.2, 0) is 0 Å². The predicted octanol–water partition coefficient (Wildman–Crippen LogP) is 2.14. The van der Waals surface area contributed by atoms with E-state index >= 15 is 0 Å². The highest BCUT2D eigenvalue weighted by molar-refractivity contribution is 6.32. The summed E-state index contributed by atoms with van der Waals surface area (Å²) in [6.45, 7) is 0.203. The largest absolute Gasteiger partial charge is 0.506 e. The Kier molecular flexibility index (Phi) is 7.06. The number of phenolic OH excluding ortho intramolecular Hbond substituents is 1. The van der Waals surface area contributed by atoms with E-state index in [-0.39, 0.29) is 22.9 Å². The number of methoxy groups -OCH3 is 2. The second-order valence-electron chi connectivity index (χ2n) is 5.18. The Morgan fingerprint density at radius 3 is 2.74 bits per heavy atom. The number of aromatic hydroxyl groups is 1. The molecular formula is C19H18ClN3O4. The van der Waals surface area contributed by atoms with Crippen molar-refractivity contribution in [3.63, 3.8) is 0 Å². The maximum atomic E-state index is 12.1. The number of nitrogens with one attached hydrogen (secondary N) is 1. The van der Waals surface area contributed by atoms with Crippen LogP contribution >= 0.6 is 11.6 Å². The van der Waals surface area contributed by atoms with E-state index in [1.807, 2.05) is 0 Å². The zero-order chi connectivity index (χ0) is 19.8. The zero-order valence-electron chi connectivity index (χ0n) is 14.7. The summed E-state index contributed by atoms with van der Waals surface area (Å²) in [6, 6.07) is 7.54. The van der Waals surface area contributed by atoms with E-state index in [0.717, 1.165) is 0 Å². The summed E-state index contributed by atoms with van der Waals surface area (Å²) in [5.41, 5.74) is 9.29. The fraction of sp³-hybridized carbons (Fsp3) is 0.158. The van der Waals surface area contributed by atoms with Crippen molar-refractivity contribution in [2.24, 2.45) is 10.8 Å². The fourth-order valence-electron chi connectivity index (χ4n) is 2.18. The molecule has 0 saturated carbocycles. The molecule has 4 N–H and O–H groups in total. The van der Waals surface area contributed by atoms with Gasteiger partial charge in [0.25, 0.3) is 5.91 Å². The van der Waals surface area contributed by atoms with E-state index in [4.69, 9.17) is 26.8 Å². The van der Waals surface area contributed by atoms with Gasteiger partial charge in [-0.1, -0.05) is 23.4 Å². The van der Waals surface area contributed by atoms with Crippen LogP contribution in [0.15, 0.2) is 35.4 Å². The maximum Gasteiger partial charge on any atom is 0.271 e. The first-order chi connectivity index (χ1) is 13.0. The van der Waals surface area contributed by atoms with Gasteiger partial charge >= 0.3 is 0 Å². The molecule has 7 nitrogen and oxygen atoms in total. The van der Waals surface area contributed by atoms with Crippen LogP contribution in [0.25, 0.3) is 0 Å². The minimum atomic E-state index is -0.475. The number of halogens is 1. The van der Waals surface area contributed by atoms with E-state index in [1.54, 1.807) is 12.1 Å². The van der Waals surface area contributed by atoms with Gasteiger partial charge in [-0.15, -0.1) is 0 Å². The monoisotopic (exact) mass is 387 g/mol. The van der Waals surface area contributed by atoms with Gasteiger partial charge in [-0.25, -0.2) is 5.43 Å². The topological polar surface area (TPSA) is 106 Å². The highest BCUT2D eigenvalue weighted by Gasteiger charge is 2.11. The summed E-state index contributed by atoms with van der Waals surface area (Å²) in [6.07, 6.45) is 1.44.